The molecule has 0 fully saturated rings. The van der Waals surface area contributed by atoms with E-state index in [1.54, 1.807) is 6.92 Å². The van der Waals surface area contributed by atoms with E-state index in [0.29, 0.717) is 5.69 Å². The van der Waals surface area contributed by atoms with Crippen LogP contribution >= 0.6 is 0 Å². The predicted octanol–water partition coefficient (Wildman–Crippen LogP) is 1.89. The van der Waals surface area contributed by atoms with Crippen molar-refractivity contribution >= 4 is 5.97 Å². The van der Waals surface area contributed by atoms with Crippen molar-refractivity contribution in [1.82, 2.24) is 4.98 Å². The van der Waals surface area contributed by atoms with Gasteiger partial charge in [0.2, 0.25) is 0 Å². The van der Waals surface area contributed by atoms with Crippen molar-refractivity contribution in [1.29, 1.82) is 0 Å². The SMILES string of the molecule is CCOC(=O)Cc1cc(CN)nc(C)c1C(F)F. The summed E-state index contributed by atoms with van der Waals surface area (Å²) in [6, 6.07) is 1.44. The molecule has 0 unspecified atom stereocenters. The summed E-state index contributed by atoms with van der Waals surface area (Å²) in [5.74, 6) is -0.534. The third-order valence-corrected chi connectivity index (χ3v) is 2.46. The number of hydrogen-bond donors (Lipinski definition) is 1. The molecule has 0 aromatic carbocycles. The van der Waals surface area contributed by atoms with E-state index in [2.05, 4.69) is 4.98 Å². The van der Waals surface area contributed by atoms with E-state index in [9.17, 15) is 13.6 Å². The number of aromatic nitrogens is 1. The fraction of sp³-hybridized carbons (Fsp3) is 0.500. The number of nitrogens with two attached hydrogens (primary N) is 1. The topological polar surface area (TPSA) is 65.2 Å². The van der Waals surface area contributed by atoms with E-state index < -0.39 is 12.4 Å². The molecule has 2 N–H and O–H groups in total. The van der Waals surface area contributed by atoms with E-state index in [4.69, 9.17) is 10.5 Å². The molecule has 18 heavy (non-hydrogen) atoms. The molecule has 100 valence electrons. The van der Waals surface area contributed by atoms with Gasteiger partial charge < -0.3 is 10.5 Å². The molecule has 0 amide bonds. The maximum atomic E-state index is 12.9. The highest BCUT2D eigenvalue weighted by molar-refractivity contribution is 5.73. The van der Waals surface area contributed by atoms with Gasteiger partial charge in [-0.25, -0.2) is 8.78 Å². The average Bonchev–Trinajstić information content (AvgIpc) is 2.27. The van der Waals surface area contributed by atoms with Gasteiger partial charge in [0.05, 0.1) is 18.7 Å². The number of hydrogen-bond acceptors (Lipinski definition) is 4. The minimum absolute atomic E-state index is 0.139. The summed E-state index contributed by atoms with van der Waals surface area (Å²) in [5, 5.41) is 0. The Hall–Kier alpha value is -1.56. The minimum Gasteiger partial charge on any atom is -0.466 e. The van der Waals surface area contributed by atoms with Crippen LogP contribution in [0.1, 0.15) is 35.9 Å². The van der Waals surface area contributed by atoms with E-state index in [0.717, 1.165) is 0 Å². The zero-order valence-electron chi connectivity index (χ0n) is 10.4. The second kappa shape index (κ2) is 6.39. The summed E-state index contributed by atoms with van der Waals surface area (Å²) in [6.45, 7) is 3.50. The van der Waals surface area contributed by atoms with Crippen molar-refractivity contribution in [3.05, 3.63) is 28.6 Å². The Balaban J connectivity index is 3.13. The molecule has 1 aromatic heterocycles. The van der Waals surface area contributed by atoms with Crippen molar-refractivity contribution < 1.29 is 18.3 Å². The molecule has 4 nitrogen and oxygen atoms in total. The van der Waals surface area contributed by atoms with Gasteiger partial charge in [-0.2, -0.15) is 0 Å². The molecule has 0 spiro atoms. The van der Waals surface area contributed by atoms with Crippen molar-refractivity contribution in [2.24, 2.45) is 5.73 Å². The number of ether oxygens (including phenoxy) is 1. The first-order valence-corrected chi connectivity index (χ1v) is 5.62. The number of carbonyl (C=O) groups excluding carboxylic acids is 1. The molecule has 0 aliphatic carbocycles. The third kappa shape index (κ3) is 3.46. The van der Waals surface area contributed by atoms with Crippen LogP contribution in [0.2, 0.25) is 0 Å². The lowest BCUT2D eigenvalue weighted by Gasteiger charge is -2.12. The Labute approximate surface area is 104 Å². The van der Waals surface area contributed by atoms with Gasteiger partial charge in [0.25, 0.3) is 6.43 Å². The zero-order valence-corrected chi connectivity index (χ0v) is 10.4. The Bertz CT molecular complexity index is 436. The van der Waals surface area contributed by atoms with Crippen LogP contribution in [0.15, 0.2) is 6.07 Å². The van der Waals surface area contributed by atoms with Gasteiger partial charge in [0, 0.05) is 17.8 Å². The maximum absolute atomic E-state index is 12.9. The highest BCUT2D eigenvalue weighted by Gasteiger charge is 2.20. The van der Waals surface area contributed by atoms with E-state index in [1.807, 2.05) is 0 Å². The molecule has 0 aliphatic rings. The molecular weight excluding hydrogens is 242 g/mol. The van der Waals surface area contributed by atoms with Crippen molar-refractivity contribution in [2.75, 3.05) is 6.61 Å². The summed E-state index contributed by atoms with van der Waals surface area (Å²) in [5.41, 5.74) is 6.15. The number of nitrogens with zero attached hydrogens (tertiary/aromatic N) is 1. The van der Waals surface area contributed by atoms with Gasteiger partial charge in [-0.15, -0.1) is 0 Å². The van der Waals surface area contributed by atoms with E-state index in [-0.39, 0.29) is 36.4 Å². The van der Waals surface area contributed by atoms with Crippen LogP contribution in [0, 0.1) is 6.92 Å². The number of rotatable bonds is 5. The van der Waals surface area contributed by atoms with Crippen LogP contribution in [0.25, 0.3) is 0 Å². The predicted molar refractivity (Wildman–Crippen MR) is 62.2 cm³/mol. The molecule has 0 atom stereocenters. The summed E-state index contributed by atoms with van der Waals surface area (Å²) in [7, 11) is 0. The summed E-state index contributed by atoms with van der Waals surface area (Å²) in [4.78, 5) is 15.3. The lowest BCUT2D eigenvalue weighted by atomic mass is 10.0. The number of aryl methyl sites for hydroxylation is 1. The molecular formula is C12H16F2N2O2. The molecule has 0 saturated heterocycles. The van der Waals surface area contributed by atoms with Crippen LogP contribution in [-0.4, -0.2) is 17.6 Å². The number of alkyl halides is 2. The molecule has 0 bridgehead atoms. The van der Waals surface area contributed by atoms with Gasteiger partial charge in [-0.3, -0.25) is 9.78 Å². The summed E-state index contributed by atoms with van der Waals surface area (Å²) < 4.78 is 30.6. The lowest BCUT2D eigenvalue weighted by Crippen LogP contribution is -2.13. The summed E-state index contributed by atoms with van der Waals surface area (Å²) in [6.07, 6.45) is -2.86. The highest BCUT2D eigenvalue weighted by Crippen LogP contribution is 2.26. The number of esters is 1. The first-order chi connectivity index (χ1) is 8.49. The zero-order chi connectivity index (χ0) is 13.7. The van der Waals surface area contributed by atoms with Gasteiger partial charge >= 0.3 is 5.97 Å². The first-order valence-electron chi connectivity index (χ1n) is 5.62. The Morgan fingerprint density at radius 2 is 2.22 bits per heavy atom. The van der Waals surface area contributed by atoms with Crippen LogP contribution in [-0.2, 0) is 22.5 Å². The fourth-order valence-electron chi connectivity index (χ4n) is 1.74. The average molecular weight is 258 g/mol. The second-order valence-corrected chi connectivity index (χ2v) is 3.76. The van der Waals surface area contributed by atoms with Crippen LogP contribution in [0.4, 0.5) is 8.78 Å². The number of pyridine rings is 1. The Kier molecular flexibility index (Phi) is 5.15. The lowest BCUT2D eigenvalue weighted by molar-refractivity contribution is -0.142. The van der Waals surface area contributed by atoms with Gasteiger partial charge in [0.15, 0.2) is 0 Å². The van der Waals surface area contributed by atoms with E-state index in [1.165, 1.54) is 13.0 Å². The first kappa shape index (κ1) is 14.5. The van der Waals surface area contributed by atoms with Crippen LogP contribution in [0.3, 0.4) is 0 Å². The molecule has 1 heterocycles. The Morgan fingerprint density at radius 1 is 1.56 bits per heavy atom. The Morgan fingerprint density at radius 3 is 2.72 bits per heavy atom. The van der Waals surface area contributed by atoms with Crippen LogP contribution in [0.5, 0.6) is 0 Å². The largest absolute Gasteiger partial charge is 0.466 e. The molecule has 0 saturated carbocycles. The van der Waals surface area contributed by atoms with Gasteiger partial charge in [-0.05, 0) is 25.5 Å². The monoisotopic (exact) mass is 258 g/mol. The molecule has 0 radical (unpaired) electrons. The number of carbonyl (C=O) groups is 1. The molecule has 1 aromatic rings. The summed E-state index contributed by atoms with van der Waals surface area (Å²) >= 11 is 0. The third-order valence-electron chi connectivity index (χ3n) is 2.46. The quantitative estimate of drug-likeness (QED) is 0.819. The smallest absolute Gasteiger partial charge is 0.310 e. The minimum atomic E-state index is -2.67. The number of halogens is 2. The maximum Gasteiger partial charge on any atom is 0.310 e. The van der Waals surface area contributed by atoms with E-state index >= 15 is 0 Å². The van der Waals surface area contributed by atoms with Crippen molar-refractivity contribution in [3.63, 3.8) is 0 Å². The fourth-order valence-corrected chi connectivity index (χ4v) is 1.74. The highest BCUT2D eigenvalue weighted by atomic mass is 19.3. The second-order valence-electron chi connectivity index (χ2n) is 3.76. The van der Waals surface area contributed by atoms with Gasteiger partial charge in [0.1, 0.15) is 0 Å². The molecule has 0 aliphatic heterocycles. The van der Waals surface area contributed by atoms with Crippen molar-refractivity contribution in [3.8, 4) is 0 Å². The normalized spacial score (nSPS) is 10.8. The van der Waals surface area contributed by atoms with Gasteiger partial charge in [-0.1, -0.05) is 0 Å². The standard InChI is InChI=1S/C12H16F2N2O2/c1-3-18-10(17)5-8-4-9(6-15)16-7(2)11(8)12(13)14/h4,12H,3,5-6,15H2,1-2H3. The molecule has 1 rings (SSSR count). The van der Waals surface area contributed by atoms with Crippen LogP contribution < -0.4 is 5.73 Å². The molecule has 6 heteroatoms. The van der Waals surface area contributed by atoms with Crippen molar-refractivity contribution in [2.45, 2.75) is 33.2 Å².